The van der Waals surface area contributed by atoms with E-state index in [1.807, 2.05) is 0 Å². The summed E-state index contributed by atoms with van der Waals surface area (Å²) in [5.74, 6) is -2.09. The number of rotatable bonds is 5. The largest absolute Gasteiger partial charge is 0.337 e. The van der Waals surface area contributed by atoms with Crippen molar-refractivity contribution in [3.63, 3.8) is 0 Å². The fourth-order valence-electron chi connectivity index (χ4n) is 4.80. The molecule has 0 aromatic heterocycles. The second-order valence-corrected chi connectivity index (χ2v) is 10.5. The van der Waals surface area contributed by atoms with Crippen LogP contribution in [0.15, 0.2) is 71.7 Å². The molecule has 8 nitrogen and oxygen atoms in total. The molecule has 1 N–H and O–H groups in total. The number of carbonyl (C=O) groups is 3. The number of Topliss-reactive ketones (excluding diaryl/α,β-unsaturated/α-hetero) is 2. The molecule has 1 saturated heterocycles. The van der Waals surface area contributed by atoms with E-state index in [1.165, 1.54) is 18.2 Å². The van der Waals surface area contributed by atoms with Gasteiger partial charge in [-0.15, -0.1) is 0 Å². The monoisotopic (exact) mass is 487 g/mol. The van der Waals surface area contributed by atoms with Gasteiger partial charge in [0.05, 0.1) is 28.4 Å². The van der Waals surface area contributed by atoms with Gasteiger partial charge in [0.15, 0.2) is 11.6 Å². The maximum Gasteiger partial charge on any atom is 0.241 e. The second kappa shape index (κ2) is 8.73. The van der Waals surface area contributed by atoms with Gasteiger partial charge in [0.25, 0.3) is 0 Å². The molecular formula is C26H21N3O5S. The number of ketones is 2. The van der Waals surface area contributed by atoms with Crippen LogP contribution < -0.4 is 4.72 Å². The Kier molecular flexibility index (Phi) is 5.71. The van der Waals surface area contributed by atoms with Gasteiger partial charge in [-0.25, -0.2) is 8.42 Å². The van der Waals surface area contributed by atoms with Gasteiger partial charge >= 0.3 is 0 Å². The van der Waals surface area contributed by atoms with Gasteiger partial charge < -0.3 is 4.90 Å². The molecule has 0 bridgehead atoms. The number of hydrogen-bond donors (Lipinski definition) is 1. The predicted octanol–water partition coefficient (Wildman–Crippen LogP) is 2.38. The minimum Gasteiger partial charge on any atom is -0.337 e. The van der Waals surface area contributed by atoms with Crippen LogP contribution in [-0.4, -0.2) is 43.4 Å². The second-order valence-electron chi connectivity index (χ2n) is 8.79. The van der Waals surface area contributed by atoms with Crippen LogP contribution in [0.5, 0.6) is 0 Å². The molecular weight excluding hydrogens is 466 g/mol. The number of allylic oxidation sites excluding steroid dienone is 4. The standard InChI is InChI=1S/C26H21N3O5S/c27-14-16-4-3-5-17(12-16)15-29-11-10-23(26(29)32)28-35(33,34)18-8-9-21-22(13-18)25(31)20-7-2-1-6-19(20)24(21)30/h1-9,12-13,19-20,23,28H,10-11,15H2/t19?,20?,23-/m0/s1. The summed E-state index contributed by atoms with van der Waals surface area (Å²) in [6, 6.07) is 11.9. The molecule has 0 spiro atoms. The molecule has 5 rings (SSSR count). The summed E-state index contributed by atoms with van der Waals surface area (Å²) < 4.78 is 28.7. The molecule has 2 aromatic rings. The Bertz CT molecular complexity index is 1470. The average molecular weight is 488 g/mol. The van der Waals surface area contributed by atoms with Crippen molar-refractivity contribution in [3.05, 3.63) is 89.0 Å². The fourth-order valence-corrected chi connectivity index (χ4v) is 6.05. The SMILES string of the molecule is N#Cc1cccc(CN2CC[C@H](NS(=O)(=O)c3ccc4c(c3)C(=O)C3C=CC=CC3C4=O)C2=O)c1. The number of nitrogens with zero attached hydrogens (tertiary/aromatic N) is 2. The van der Waals surface area contributed by atoms with E-state index in [1.54, 1.807) is 53.5 Å². The Morgan fingerprint density at radius 1 is 0.971 bits per heavy atom. The van der Waals surface area contributed by atoms with Crippen molar-refractivity contribution in [1.29, 1.82) is 5.26 Å². The lowest BCUT2D eigenvalue weighted by Gasteiger charge is -2.28. The topological polar surface area (TPSA) is 124 Å². The van der Waals surface area contributed by atoms with Gasteiger partial charge in [0, 0.05) is 24.2 Å². The van der Waals surface area contributed by atoms with Gasteiger partial charge in [0.1, 0.15) is 6.04 Å². The summed E-state index contributed by atoms with van der Waals surface area (Å²) >= 11 is 0. The lowest BCUT2D eigenvalue weighted by atomic mass is 9.72. The Morgan fingerprint density at radius 3 is 2.40 bits per heavy atom. The molecule has 3 aliphatic rings. The lowest BCUT2D eigenvalue weighted by Crippen LogP contribution is -2.41. The summed E-state index contributed by atoms with van der Waals surface area (Å²) in [5, 5.41) is 9.06. The molecule has 3 atom stereocenters. The van der Waals surface area contributed by atoms with E-state index in [0.717, 1.165) is 5.56 Å². The summed E-state index contributed by atoms with van der Waals surface area (Å²) in [6.45, 7) is 0.634. The van der Waals surface area contributed by atoms with Gasteiger partial charge in [0.2, 0.25) is 15.9 Å². The fraction of sp³-hybridized carbons (Fsp3) is 0.231. The van der Waals surface area contributed by atoms with Crippen LogP contribution in [0.1, 0.15) is 38.3 Å². The summed E-state index contributed by atoms with van der Waals surface area (Å²) in [5.41, 5.74) is 1.55. The highest BCUT2D eigenvalue weighted by Gasteiger charge is 2.40. The highest BCUT2D eigenvalue weighted by molar-refractivity contribution is 7.89. The third kappa shape index (κ3) is 4.11. The minimum absolute atomic E-state index is 0.0795. The van der Waals surface area contributed by atoms with Crippen molar-refractivity contribution in [2.75, 3.05) is 6.54 Å². The quantitative estimate of drug-likeness (QED) is 0.691. The molecule has 176 valence electrons. The van der Waals surface area contributed by atoms with Gasteiger partial charge in [-0.05, 0) is 42.3 Å². The molecule has 1 amide bonds. The summed E-state index contributed by atoms with van der Waals surface area (Å²) in [6.07, 6.45) is 7.06. The first-order valence-corrected chi connectivity index (χ1v) is 12.6. The molecule has 1 heterocycles. The third-order valence-corrected chi connectivity index (χ3v) is 8.07. The summed E-state index contributed by atoms with van der Waals surface area (Å²) in [7, 11) is -4.12. The maximum atomic E-state index is 13.1. The number of fused-ring (bicyclic) bond motifs is 2. The first-order chi connectivity index (χ1) is 16.8. The molecule has 1 fully saturated rings. The average Bonchev–Trinajstić information content (AvgIpc) is 3.20. The predicted molar refractivity (Wildman–Crippen MR) is 126 cm³/mol. The zero-order valence-corrected chi connectivity index (χ0v) is 19.4. The smallest absolute Gasteiger partial charge is 0.241 e. The van der Waals surface area contributed by atoms with Crippen molar-refractivity contribution in [2.24, 2.45) is 11.8 Å². The van der Waals surface area contributed by atoms with Gasteiger partial charge in [-0.1, -0.05) is 36.4 Å². The molecule has 2 aliphatic carbocycles. The first-order valence-electron chi connectivity index (χ1n) is 11.2. The number of hydrogen-bond acceptors (Lipinski definition) is 6. The number of benzene rings is 2. The molecule has 2 aromatic carbocycles. The molecule has 2 unspecified atom stereocenters. The van der Waals surface area contributed by atoms with Crippen molar-refractivity contribution in [2.45, 2.75) is 23.9 Å². The van der Waals surface area contributed by atoms with Crippen LogP contribution in [0, 0.1) is 23.2 Å². The van der Waals surface area contributed by atoms with E-state index in [0.29, 0.717) is 18.5 Å². The van der Waals surface area contributed by atoms with Crippen molar-refractivity contribution < 1.29 is 22.8 Å². The Morgan fingerprint density at radius 2 is 1.69 bits per heavy atom. The van der Waals surface area contributed by atoms with E-state index in [9.17, 15) is 22.8 Å². The molecule has 0 radical (unpaired) electrons. The first kappa shape index (κ1) is 22.9. The van der Waals surface area contributed by atoms with E-state index in [4.69, 9.17) is 5.26 Å². The number of likely N-dealkylation sites (tertiary alicyclic amines) is 1. The Balaban J connectivity index is 1.34. The Hall–Kier alpha value is -3.87. The highest BCUT2D eigenvalue weighted by Crippen LogP contribution is 2.35. The number of sulfonamides is 1. The molecule has 0 saturated carbocycles. The van der Waals surface area contributed by atoms with Crippen LogP contribution in [0.2, 0.25) is 0 Å². The third-order valence-electron chi connectivity index (χ3n) is 6.60. The van der Waals surface area contributed by atoms with Crippen LogP contribution in [0.4, 0.5) is 0 Å². The van der Waals surface area contributed by atoms with Crippen molar-refractivity contribution >= 4 is 27.5 Å². The number of nitriles is 1. The number of amides is 1. The zero-order chi connectivity index (χ0) is 24.7. The maximum absolute atomic E-state index is 13.1. The zero-order valence-electron chi connectivity index (χ0n) is 18.5. The molecule has 1 aliphatic heterocycles. The Labute approximate surface area is 202 Å². The van der Waals surface area contributed by atoms with E-state index < -0.39 is 27.9 Å². The van der Waals surface area contributed by atoms with Crippen molar-refractivity contribution in [1.82, 2.24) is 9.62 Å². The van der Waals surface area contributed by atoms with Crippen LogP contribution in [0.3, 0.4) is 0 Å². The molecule has 9 heteroatoms. The van der Waals surface area contributed by atoms with Crippen molar-refractivity contribution in [3.8, 4) is 6.07 Å². The van der Waals surface area contributed by atoms with Gasteiger partial charge in [-0.3, -0.25) is 14.4 Å². The van der Waals surface area contributed by atoms with E-state index >= 15 is 0 Å². The highest BCUT2D eigenvalue weighted by atomic mass is 32.2. The lowest BCUT2D eigenvalue weighted by molar-refractivity contribution is -0.129. The minimum atomic E-state index is -4.12. The number of carbonyl (C=O) groups excluding carboxylic acids is 3. The normalized spacial score (nSPS) is 23.2. The van der Waals surface area contributed by atoms with E-state index in [2.05, 4.69) is 10.8 Å². The summed E-state index contributed by atoms with van der Waals surface area (Å²) in [4.78, 5) is 40.1. The van der Waals surface area contributed by atoms with E-state index in [-0.39, 0.29) is 40.0 Å². The van der Waals surface area contributed by atoms with Crippen LogP contribution in [0.25, 0.3) is 0 Å². The van der Waals surface area contributed by atoms with Gasteiger partial charge in [-0.2, -0.15) is 9.98 Å². The molecule has 35 heavy (non-hydrogen) atoms. The van der Waals surface area contributed by atoms with Crippen LogP contribution >= 0.6 is 0 Å². The van der Waals surface area contributed by atoms with Crippen LogP contribution in [-0.2, 0) is 21.4 Å². The number of nitrogens with one attached hydrogen (secondary N) is 1.